The van der Waals surface area contributed by atoms with Gasteiger partial charge in [-0.2, -0.15) is 0 Å². The number of anilines is 1. The first kappa shape index (κ1) is 14.2. The van der Waals surface area contributed by atoms with Gasteiger partial charge in [0.05, 0.1) is 4.90 Å². The number of carbonyl (C=O) groups is 1. The number of rotatable bonds is 3. The van der Waals surface area contributed by atoms with Gasteiger partial charge in [-0.3, -0.25) is 4.79 Å². The van der Waals surface area contributed by atoms with Crippen LogP contribution in [0.2, 0.25) is 0 Å². The lowest BCUT2D eigenvalue weighted by atomic mass is 10.1. The molecule has 0 fully saturated rings. The highest BCUT2D eigenvalue weighted by Gasteiger charge is 2.15. The van der Waals surface area contributed by atoms with Crippen molar-refractivity contribution >= 4 is 21.6 Å². The van der Waals surface area contributed by atoms with Crippen molar-refractivity contribution in [2.45, 2.75) is 11.8 Å². The number of aryl methyl sites for hydroxylation is 1. The molecule has 0 radical (unpaired) electrons. The summed E-state index contributed by atoms with van der Waals surface area (Å²) in [6, 6.07) is 13.3. The fourth-order valence-corrected chi connectivity index (χ4v) is 2.58. The summed E-state index contributed by atoms with van der Waals surface area (Å²) in [6.45, 7) is 1.62. The largest absolute Gasteiger partial charge is 0.322 e. The summed E-state index contributed by atoms with van der Waals surface area (Å²) in [6.07, 6.45) is 0. The van der Waals surface area contributed by atoms with Crippen LogP contribution in [-0.4, -0.2) is 14.3 Å². The summed E-state index contributed by atoms with van der Waals surface area (Å²) < 4.78 is 22.9. The highest BCUT2D eigenvalue weighted by atomic mass is 32.2. The lowest BCUT2D eigenvalue weighted by Gasteiger charge is -2.08. The molecule has 0 saturated carbocycles. The molecule has 0 saturated heterocycles. The Morgan fingerprint density at radius 2 is 1.75 bits per heavy atom. The number of nitrogens with one attached hydrogen (secondary N) is 1. The molecule has 0 spiro atoms. The molecule has 0 unspecified atom stereocenters. The molecular formula is C14H14N2O3S. The molecule has 2 aromatic carbocycles. The second-order valence-corrected chi connectivity index (χ2v) is 5.88. The predicted octanol–water partition coefficient (Wildman–Crippen LogP) is 1.89. The fraction of sp³-hybridized carbons (Fsp3) is 0.0714. The van der Waals surface area contributed by atoms with E-state index in [1.54, 1.807) is 43.3 Å². The van der Waals surface area contributed by atoms with Gasteiger partial charge in [0.1, 0.15) is 0 Å². The maximum atomic E-state index is 12.1. The number of benzene rings is 2. The topological polar surface area (TPSA) is 89.3 Å². The standard InChI is InChI=1S/C14H14N2O3S/c1-10-7-8-11(9-13(10)20(15,18)19)14(17)16-12-5-3-2-4-6-12/h2-9H,1H3,(H,16,17)(H2,15,18,19). The summed E-state index contributed by atoms with van der Waals surface area (Å²) in [5, 5.41) is 7.80. The molecule has 6 heteroatoms. The number of carbonyl (C=O) groups excluding carboxylic acids is 1. The van der Waals surface area contributed by atoms with E-state index in [9.17, 15) is 13.2 Å². The van der Waals surface area contributed by atoms with Crippen LogP contribution < -0.4 is 10.5 Å². The van der Waals surface area contributed by atoms with Crippen molar-refractivity contribution < 1.29 is 13.2 Å². The normalized spacial score (nSPS) is 11.1. The minimum atomic E-state index is -3.84. The van der Waals surface area contributed by atoms with Gasteiger partial charge in [0, 0.05) is 11.3 Å². The quantitative estimate of drug-likeness (QED) is 0.904. The minimum Gasteiger partial charge on any atom is -0.322 e. The molecule has 3 N–H and O–H groups in total. The molecule has 0 aliphatic carbocycles. The van der Waals surface area contributed by atoms with E-state index in [0.717, 1.165) is 0 Å². The monoisotopic (exact) mass is 290 g/mol. The molecule has 2 aromatic rings. The third-order valence-corrected chi connectivity index (χ3v) is 3.84. The lowest BCUT2D eigenvalue weighted by Crippen LogP contribution is -2.17. The Morgan fingerprint density at radius 3 is 2.35 bits per heavy atom. The Morgan fingerprint density at radius 1 is 1.10 bits per heavy atom. The molecule has 2 rings (SSSR count). The Labute approximate surface area is 117 Å². The molecule has 0 aliphatic heterocycles. The zero-order valence-electron chi connectivity index (χ0n) is 10.8. The molecule has 0 bridgehead atoms. The van der Waals surface area contributed by atoms with Crippen LogP contribution in [-0.2, 0) is 10.0 Å². The van der Waals surface area contributed by atoms with Gasteiger partial charge in [0.15, 0.2) is 0 Å². The van der Waals surface area contributed by atoms with Gasteiger partial charge >= 0.3 is 0 Å². The molecule has 20 heavy (non-hydrogen) atoms. The predicted molar refractivity (Wildman–Crippen MR) is 76.9 cm³/mol. The minimum absolute atomic E-state index is 0.0433. The number of sulfonamides is 1. The van der Waals surface area contributed by atoms with Crippen LogP contribution in [0, 0.1) is 6.92 Å². The Bertz CT molecular complexity index is 740. The van der Waals surface area contributed by atoms with Crippen molar-refractivity contribution in [3.63, 3.8) is 0 Å². The molecule has 0 heterocycles. The van der Waals surface area contributed by atoms with Gasteiger partial charge in [0.2, 0.25) is 10.0 Å². The molecule has 0 aliphatic rings. The van der Waals surface area contributed by atoms with Crippen molar-refractivity contribution in [2.75, 3.05) is 5.32 Å². The molecule has 0 aromatic heterocycles. The van der Waals surface area contributed by atoms with Crippen molar-refractivity contribution in [3.8, 4) is 0 Å². The van der Waals surface area contributed by atoms with Crippen molar-refractivity contribution in [3.05, 3.63) is 59.7 Å². The summed E-state index contributed by atoms with van der Waals surface area (Å²) in [4.78, 5) is 12.0. The second kappa shape index (κ2) is 5.44. The first-order valence-electron chi connectivity index (χ1n) is 5.88. The SMILES string of the molecule is Cc1ccc(C(=O)Nc2ccccc2)cc1S(N)(=O)=O. The van der Waals surface area contributed by atoms with Crippen LogP contribution in [0.15, 0.2) is 53.4 Å². The Balaban J connectivity index is 2.32. The van der Waals surface area contributed by atoms with E-state index < -0.39 is 10.0 Å². The zero-order chi connectivity index (χ0) is 14.8. The average Bonchev–Trinajstić information content (AvgIpc) is 2.39. The third kappa shape index (κ3) is 3.23. The van der Waals surface area contributed by atoms with Gasteiger partial charge in [-0.05, 0) is 36.8 Å². The van der Waals surface area contributed by atoms with Crippen LogP contribution in [0.5, 0.6) is 0 Å². The lowest BCUT2D eigenvalue weighted by molar-refractivity contribution is 0.102. The maximum Gasteiger partial charge on any atom is 0.255 e. The summed E-state index contributed by atoms with van der Waals surface area (Å²) in [7, 11) is -3.84. The Hall–Kier alpha value is -2.18. The molecule has 1 amide bonds. The average molecular weight is 290 g/mol. The van der Waals surface area contributed by atoms with Crippen LogP contribution in [0.3, 0.4) is 0 Å². The molecular weight excluding hydrogens is 276 g/mol. The van der Waals surface area contributed by atoms with Crippen LogP contribution in [0.4, 0.5) is 5.69 Å². The molecule has 5 nitrogen and oxygen atoms in total. The Kier molecular flexibility index (Phi) is 3.87. The van der Waals surface area contributed by atoms with Crippen LogP contribution in [0.25, 0.3) is 0 Å². The number of amides is 1. The van der Waals surface area contributed by atoms with Crippen LogP contribution >= 0.6 is 0 Å². The van der Waals surface area contributed by atoms with Gasteiger partial charge in [-0.1, -0.05) is 24.3 Å². The number of hydrogen-bond donors (Lipinski definition) is 2. The van der Waals surface area contributed by atoms with Gasteiger partial charge < -0.3 is 5.32 Å². The second-order valence-electron chi connectivity index (χ2n) is 4.35. The first-order valence-corrected chi connectivity index (χ1v) is 7.42. The van der Waals surface area contributed by atoms with E-state index in [4.69, 9.17) is 5.14 Å². The summed E-state index contributed by atoms with van der Waals surface area (Å²) in [5.74, 6) is -0.388. The van der Waals surface area contributed by atoms with E-state index in [1.165, 1.54) is 6.07 Å². The van der Waals surface area contributed by atoms with Gasteiger partial charge in [0.25, 0.3) is 5.91 Å². The van der Waals surface area contributed by atoms with E-state index in [1.807, 2.05) is 6.07 Å². The molecule has 104 valence electrons. The number of hydrogen-bond acceptors (Lipinski definition) is 3. The van der Waals surface area contributed by atoms with Gasteiger partial charge in [-0.15, -0.1) is 0 Å². The van der Waals surface area contributed by atoms with E-state index in [2.05, 4.69) is 5.32 Å². The fourth-order valence-electron chi connectivity index (χ4n) is 1.77. The third-order valence-electron chi connectivity index (χ3n) is 2.79. The first-order chi connectivity index (χ1) is 9.38. The van der Waals surface area contributed by atoms with Crippen LogP contribution in [0.1, 0.15) is 15.9 Å². The number of primary sulfonamides is 1. The number of nitrogens with two attached hydrogens (primary N) is 1. The smallest absolute Gasteiger partial charge is 0.255 e. The van der Waals surface area contributed by atoms with E-state index >= 15 is 0 Å². The highest BCUT2D eigenvalue weighted by molar-refractivity contribution is 7.89. The maximum absolute atomic E-state index is 12.1. The number of para-hydroxylation sites is 1. The highest BCUT2D eigenvalue weighted by Crippen LogP contribution is 2.17. The summed E-state index contributed by atoms with van der Waals surface area (Å²) in [5.41, 5.74) is 1.38. The molecule has 0 atom stereocenters. The van der Waals surface area contributed by atoms with Crippen molar-refractivity contribution in [1.29, 1.82) is 0 Å². The summed E-state index contributed by atoms with van der Waals surface area (Å²) >= 11 is 0. The van der Waals surface area contributed by atoms with E-state index in [0.29, 0.717) is 11.3 Å². The van der Waals surface area contributed by atoms with E-state index in [-0.39, 0.29) is 16.4 Å². The van der Waals surface area contributed by atoms with Gasteiger partial charge in [-0.25, -0.2) is 13.6 Å². The van der Waals surface area contributed by atoms with Crippen molar-refractivity contribution in [1.82, 2.24) is 0 Å². The van der Waals surface area contributed by atoms with Crippen molar-refractivity contribution in [2.24, 2.45) is 5.14 Å². The zero-order valence-corrected chi connectivity index (χ0v) is 11.6.